The fourth-order valence-electron chi connectivity index (χ4n) is 3.45. The molecule has 0 spiro atoms. The highest BCUT2D eigenvalue weighted by Crippen LogP contribution is 2.30. The Hall–Kier alpha value is -2.58. The number of carbonyl (C=O) groups is 1. The average Bonchev–Trinajstić information content (AvgIpc) is 2.77. The second kappa shape index (κ2) is 10.2. The van der Waals surface area contributed by atoms with Gasteiger partial charge in [-0.2, -0.15) is 0 Å². The van der Waals surface area contributed by atoms with E-state index in [0.29, 0.717) is 23.7 Å². The first-order valence-corrected chi connectivity index (χ1v) is 12.3. The highest BCUT2D eigenvalue weighted by Gasteiger charge is 2.21. The van der Waals surface area contributed by atoms with E-state index in [9.17, 15) is 13.2 Å². The summed E-state index contributed by atoms with van der Waals surface area (Å²) in [6, 6.07) is 12.1. The predicted molar refractivity (Wildman–Crippen MR) is 125 cm³/mol. The summed E-state index contributed by atoms with van der Waals surface area (Å²) in [5, 5.41) is 6.19. The highest BCUT2D eigenvalue weighted by molar-refractivity contribution is 7.92. The lowest BCUT2D eigenvalue weighted by Gasteiger charge is -2.31. The second-order valence-corrected chi connectivity index (χ2v) is 9.86. The van der Waals surface area contributed by atoms with Gasteiger partial charge in [0.2, 0.25) is 0 Å². The molecule has 2 aromatic rings. The first-order chi connectivity index (χ1) is 14.8. The van der Waals surface area contributed by atoms with Gasteiger partial charge in [0.1, 0.15) is 0 Å². The molecule has 168 valence electrons. The minimum atomic E-state index is -3.79. The Morgan fingerprint density at radius 1 is 1.10 bits per heavy atom. The van der Waals surface area contributed by atoms with Crippen LogP contribution in [-0.4, -0.2) is 47.0 Å². The average molecular weight is 445 g/mol. The Bertz CT molecular complexity index is 998. The van der Waals surface area contributed by atoms with Gasteiger partial charge in [0.15, 0.2) is 0 Å². The SMILES string of the molecule is CCc1ccc(S(=O)(=O)Nc2cc(C(=O)NCC(C)C)ccc2N2CCNCC2)cc1. The van der Waals surface area contributed by atoms with Crippen LogP contribution in [0.4, 0.5) is 11.4 Å². The van der Waals surface area contributed by atoms with Gasteiger partial charge in [0, 0.05) is 38.3 Å². The minimum Gasteiger partial charge on any atom is -0.367 e. The molecule has 31 heavy (non-hydrogen) atoms. The van der Waals surface area contributed by atoms with Gasteiger partial charge in [-0.25, -0.2) is 8.42 Å². The maximum Gasteiger partial charge on any atom is 0.261 e. The molecule has 0 aromatic heterocycles. The largest absolute Gasteiger partial charge is 0.367 e. The zero-order valence-electron chi connectivity index (χ0n) is 18.4. The molecule has 0 unspecified atom stereocenters. The Morgan fingerprint density at radius 3 is 2.39 bits per heavy atom. The number of piperazine rings is 1. The van der Waals surface area contributed by atoms with Crippen molar-refractivity contribution < 1.29 is 13.2 Å². The van der Waals surface area contributed by atoms with E-state index in [-0.39, 0.29) is 10.8 Å². The normalized spacial score (nSPS) is 14.5. The Kier molecular flexibility index (Phi) is 7.56. The van der Waals surface area contributed by atoms with Crippen molar-refractivity contribution in [2.24, 2.45) is 5.92 Å². The zero-order chi connectivity index (χ0) is 22.4. The molecule has 8 heteroatoms. The van der Waals surface area contributed by atoms with Crippen molar-refractivity contribution in [1.29, 1.82) is 0 Å². The van der Waals surface area contributed by atoms with Gasteiger partial charge < -0.3 is 15.5 Å². The van der Waals surface area contributed by atoms with Crippen molar-refractivity contribution in [2.75, 3.05) is 42.3 Å². The van der Waals surface area contributed by atoms with E-state index >= 15 is 0 Å². The van der Waals surface area contributed by atoms with Gasteiger partial charge in [-0.15, -0.1) is 0 Å². The molecule has 0 radical (unpaired) electrons. The molecule has 3 N–H and O–H groups in total. The van der Waals surface area contributed by atoms with Crippen LogP contribution in [0, 0.1) is 5.92 Å². The quantitative estimate of drug-likeness (QED) is 0.583. The van der Waals surface area contributed by atoms with Crippen molar-refractivity contribution in [3.63, 3.8) is 0 Å². The standard InChI is InChI=1S/C23H32N4O3S/c1-4-18-5-8-20(9-6-18)31(29,30)26-21-15-19(23(28)25-16-17(2)3)7-10-22(21)27-13-11-24-12-14-27/h5-10,15,17,24,26H,4,11-14,16H2,1-3H3,(H,25,28). The molecule has 2 aromatic carbocycles. The molecule has 1 aliphatic heterocycles. The molecule has 1 aliphatic rings. The van der Waals surface area contributed by atoms with Gasteiger partial charge in [0.05, 0.1) is 16.3 Å². The molecule has 1 saturated heterocycles. The fourth-order valence-corrected chi connectivity index (χ4v) is 4.51. The monoisotopic (exact) mass is 444 g/mol. The van der Waals surface area contributed by atoms with E-state index in [4.69, 9.17) is 0 Å². The Morgan fingerprint density at radius 2 is 1.77 bits per heavy atom. The smallest absolute Gasteiger partial charge is 0.261 e. The van der Waals surface area contributed by atoms with E-state index in [2.05, 4.69) is 20.3 Å². The minimum absolute atomic E-state index is 0.200. The van der Waals surface area contributed by atoms with E-state index in [1.54, 1.807) is 24.3 Å². The fraction of sp³-hybridized carbons (Fsp3) is 0.435. The third kappa shape index (κ3) is 5.98. The van der Waals surface area contributed by atoms with Crippen LogP contribution >= 0.6 is 0 Å². The number of carbonyl (C=O) groups excluding carboxylic acids is 1. The molecule has 1 heterocycles. The summed E-state index contributed by atoms with van der Waals surface area (Å²) in [4.78, 5) is 14.9. The van der Waals surface area contributed by atoms with E-state index in [1.165, 1.54) is 0 Å². The Labute approximate surface area is 185 Å². The molecule has 0 bridgehead atoms. The van der Waals surface area contributed by atoms with Crippen LogP contribution < -0.4 is 20.3 Å². The van der Waals surface area contributed by atoms with Gasteiger partial charge in [-0.3, -0.25) is 9.52 Å². The number of hydrogen-bond acceptors (Lipinski definition) is 5. The number of rotatable bonds is 8. The lowest BCUT2D eigenvalue weighted by Crippen LogP contribution is -2.43. The summed E-state index contributed by atoms with van der Waals surface area (Å²) in [5.74, 6) is 0.112. The van der Waals surface area contributed by atoms with Crippen molar-refractivity contribution in [1.82, 2.24) is 10.6 Å². The first kappa shape index (κ1) is 23.1. The number of nitrogens with zero attached hydrogens (tertiary/aromatic N) is 1. The van der Waals surface area contributed by atoms with Gasteiger partial charge in [-0.1, -0.05) is 32.9 Å². The van der Waals surface area contributed by atoms with E-state index < -0.39 is 10.0 Å². The van der Waals surface area contributed by atoms with Crippen LogP contribution in [0.5, 0.6) is 0 Å². The number of benzene rings is 2. The molecule has 0 atom stereocenters. The third-order valence-corrected chi connectivity index (χ3v) is 6.65. The summed E-state index contributed by atoms with van der Waals surface area (Å²) >= 11 is 0. The molecule has 7 nitrogen and oxygen atoms in total. The molecule has 0 aliphatic carbocycles. The summed E-state index contributed by atoms with van der Waals surface area (Å²) in [5.41, 5.74) is 2.69. The number of anilines is 2. The lowest BCUT2D eigenvalue weighted by atomic mass is 10.1. The lowest BCUT2D eigenvalue weighted by molar-refractivity contribution is 0.0949. The van der Waals surface area contributed by atoms with Crippen LogP contribution in [0.3, 0.4) is 0 Å². The third-order valence-electron chi connectivity index (χ3n) is 5.27. The van der Waals surface area contributed by atoms with Crippen LogP contribution in [0.15, 0.2) is 47.4 Å². The van der Waals surface area contributed by atoms with Crippen molar-refractivity contribution in [3.05, 3.63) is 53.6 Å². The van der Waals surface area contributed by atoms with Crippen LogP contribution in [0.2, 0.25) is 0 Å². The molecule has 0 saturated carbocycles. The number of aryl methyl sites for hydroxylation is 1. The van der Waals surface area contributed by atoms with Gasteiger partial charge in [-0.05, 0) is 48.2 Å². The summed E-state index contributed by atoms with van der Waals surface area (Å²) < 4.78 is 28.9. The first-order valence-electron chi connectivity index (χ1n) is 10.8. The van der Waals surface area contributed by atoms with E-state index in [0.717, 1.165) is 43.9 Å². The Balaban J connectivity index is 1.93. The molecular weight excluding hydrogens is 412 g/mol. The van der Waals surface area contributed by atoms with Crippen LogP contribution in [0.25, 0.3) is 0 Å². The summed E-state index contributed by atoms with van der Waals surface area (Å²) in [6.45, 7) is 9.80. The van der Waals surface area contributed by atoms with Crippen molar-refractivity contribution >= 4 is 27.3 Å². The van der Waals surface area contributed by atoms with Crippen LogP contribution in [-0.2, 0) is 16.4 Å². The maximum absolute atomic E-state index is 13.1. The number of nitrogens with one attached hydrogen (secondary N) is 3. The molecule has 3 rings (SSSR count). The predicted octanol–water partition coefficient (Wildman–Crippen LogP) is 2.85. The molecule has 1 amide bonds. The number of amides is 1. The second-order valence-electron chi connectivity index (χ2n) is 8.18. The topological polar surface area (TPSA) is 90.5 Å². The highest BCUT2D eigenvalue weighted by atomic mass is 32.2. The van der Waals surface area contributed by atoms with E-state index in [1.807, 2.05) is 39.0 Å². The number of hydrogen-bond donors (Lipinski definition) is 3. The van der Waals surface area contributed by atoms with Gasteiger partial charge in [0.25, 0.3) is 15.9 Å². The number of sulfonamides is 1. The van der Waals surface area contributed by atoms with Crippen LogP contribution in [0.1, 0.15) is 36.7 Å². The maximum atomic E-state index is 13.1. The van der Waals surface area contributed by atoms with Gasteiger partial charge >= 0.3 is 0 Å². The molecule has 1 fully saturated rings. The van der Waals surface area contributed by atoms with Crippen molar-refractivity contribution in [2.45, 2.75) is 32.1 Å². The summed E-state index contributed by atoms with van der Waals surface area (Å²) in [7, 11) is -3.79. The van der Waals surface area contributed by atoms with Crippen molar-refractivity contribution in [3.8, 4) is 0 Å². The zero-order valence-corrected chi connectivity index (χ0v) is 19.3. The summed E-state index contributed by atoms with van der Waals surface area (Å²) in [6.07, 6.45) is 0.842. The molecular formula is C23H32N4O3S.